The fraction of sp³-hybridized carbons (Fsp3) is 0.923. The second kappa shape index (κ2) is 4.41. The highest BCUT2D eigenvalue weighted by molar-refractivity contribution is 5.75. The average molecular weight is 272 g/mol. The second-order valence-corrected chi connectivity index (χ2v) is 5.83. The summed E-state index contributed by atoms with van der Waals surface area (Å²) in [6, 6.07) is 0. The minimum absolute atomic E-state index is 0.233. The molecule has 0 spiro atoms. The van der Waals surface area contributed by atoms with Crippen molar-refractivity contribution in [1.82, 2.24) is 0 Å². The highest BCUT2D eigenvalue weighted by Gasteiger charge is 2.57. The second-order valence-electron chi connectivity index (χ2n) is 5.83. The number of fused-ring (bicyclic) bond motifs is 1. The largest absolute Gasteiger partial charge is 0.456 e. The molecule has 6 unspecified atom stereocenters. The number of ether oxygens (including phenoxy) is 5. The van der Waals surface area contributed by atoms with Gasteiger partial charge in [0.15, 0.2) is 18.2 Å². The quantitative estimate of drug-likeness (QED) is 0.659. The first-order valence-electron chi connectivity index (χ1n) is 6.70. The van der Waals surface area contributed by atoms with Crippen LogP contribution in [0.5, 0.6) is 0 Å². The molecule has 6 atom stereocenters. The summed E-state index contributed by atoms with van der Waals surface area (Å²) >= 11 is 0. The van der Waals surface area contributed by atoms with Crippen molar-refractivity contribution in [3.63, 3.8) is 0 Å². The SMILES string of the molecule is CC1OCC(C2OC(C)(C)OC3C(C)C(=O)OC23)O1. The third kappa shape index (κ3) is 2.27. The summed E-state index contributed by atoms with van der Waals surface area (Å²) in [4.78, 5) is 11.7. The predicted octanol–water partition coefficient (Wildman–Crippen LogP) is 0.829. The van der Waals surface area contributed by atoms with Gasteiger partial charge in [-0.25, -0.2) is 0 Å². The van der Waals surface area contributed by atoms with Crippen LogP contribution < -0.4 is 0 Å². The van der Waals surface area contributed by atoms with Crippen molar-refractivity contribution in [3.05, 3.63) is 0 Å². The van der Waals surface area contributed by atoms with Crippen LogP contribution in [0.4, 0.5) is 0 Å². The van der Waals surface area contributed by atoms with E-state index in [0.29, 0.717) is 6.61 Å². The van der Waals surface area contributed by atoms with Crippen LogP contribution >= 0.6 is 0 Å². The molecule has 0 bridgehead atoms. The van der Waals surface area contributed by atoms with E-state index < -0.39 is 11.9 Å². The van der Waals surface area contributed by atoms with Crippen LogP contribution in [-0.2, 0) is 28.5 Å². The highest BCUT2D eigenvalue weighted by Crippen LogP contribution is 2.39. The van der Waals surface area contributed by atoms with Gasteiger partial charge >= 0.3 is 5.97 Å². The Morgan fingerprint density at radius 3 is 2.42 bits per heavy atom. The molecule has 3 aliphatic rings. The van der Waals surface area contributed by atoms with Crippen molar-refractivity contribution in [1.29, 1.82) is 0 Å². The van der Waals surface area contributed by atoms with Crippen molar-refractivity contribution in [2.75, 3.05) is 6.61 Å². The predicted molar refractivity (Wildman–Crippen MR) is 63.2 cm³/mol. The van der Waals surface area contributed by atoms with Crippen LogP contribution in [0.15, 0.2) is 0 Å². The van der Waals surface area contributed by atoms with Crippen molar-refractivity contribution >= 4 is 5.97 Å². The summed E-state index contributed by atoms with van der Waals surface area (Å²) in [5.41, 5.74) is 0. The van der Waals surface area contributed by atoms with Crippen molar-refractivity contribution in [2.45, 2.75) is 64.2 Å². The molecule has 0 aromatic heterocycles. The van der Waals surface area contributed by atoms with Crippen LogP contribution in [0.2, 0.25) is 0 Å². The third-order valence-corrected chi connectivity index (χ3v) is 3.83. The van der Waals surface area contributed by atoms with Crippen molar-refractivity contribution in [3.8, 4) is 0 Å². The maximum Gasteiger partial charge on any atom is 0.311 e. The topological polar surface area (TPSA) is 63.2 Å². The van der Waals surface area contributed by atoms with Crippen LogP contribution in [0.3, 0.4) is 0 Å². The van der Waals surface area contributed by atoms with Crippen molar-refractivity contribution in [2.24, 2.45) is 5.92 Å². The van der Waals surface area contributed by atoms with Crippen LogP contribution in [0.25, 0.3) is 0 Å². The molecule has 3 heterocycles. The Hall–Kier alpha value is -0.690. The summed E-state index contributed by atoms with van der Waals surface area (Å²) in [6.45, 7) is 7.78. The van der Waals surface area contributed by atoms with Gasteiger partial charge in [0.2, 0.25) is 0 Å². The van der Waals surface area contributed by atoms with Gasteiger partial charge in [0.05, 0.1) is 12.5 Å². The zero-order valence-corrected chi connectivity index (χ0v) is 11.6. The Morgan fingerprint density at radius 1 is 1.11 bits per heavy atom. The van der Waals surface area contributed by atoms with Gasteiger partial charge in [-0.05, 0) is 27.7 Å². The molecule has 0 aromatic rings. The molecule has 0 radical (unpaired) electrons. The van der Waals surface area contributed by atoms with E-state index in [4.69, 9.17) is 23.7 Å². The molecule has 3 fully saturated rings. The van der Waals surface area contributed by atoms with E-state index >= 15 is 0 Å². The van der Waals surface area contributed by atoms with Gasteiger partial charge in [-0.2, -0.15) is 0 Å². The monoisotopic (exact) mass is 272 g/mol. The average Bonchev–Trinajstić information content (AvgIpc) is 2.85. The van der Waals surface area contributed by atoms with Crippen LogP contribution in [-0.4, -0.2) is 49.1 Å². The van der Waals surface area contributed by atoms with E-state index in [1.807, 2.05) is 27.7 Å². The van der Waals surface area contributed by atoms with Gasteiger partial charge < -0.3 is 23.7 Å². The maximum absolute atomic E-state index is 11.7. The Labute approximate surface area is 112 Å². The minimum Gasteiger partial charge on any atom is -0.456 e. The Bertz CT molecular complexity index is 381. The lowest BCUT2D eigenvalue weighted by molar-refractivity contribution is -0.337. The first-order chi connectivity index (χ1) is 8.87. The summed E-state index contributed by atoms with van der Waals surface area (Å²) in [5.74, 6) is -1.29. The molecule has 19 heavy (non-hydrogen) atoms. The van der Waals surface area contributed by atoms with Gasteiger partial charge in [0.1, 0.15) is 18.3 Å². The highest BCUT2D eigenvalue weighted by atomic mass is 16.8. The van der Waals surface area contributed by atoms with E-state index in [0.717, 1.165) is 0 Å². The standard InChI is InChI=1S/C13H20O6/c1-6-9-11(17-12(6)14)10(19-13(3,4)18-9)8-5-15-7(2)16-8/h6-11H,5H2,1-4H3. The number of carbonyl (C=O) groups is 1. The molecule has 3 rings (SSSR count). The molecule has 6 nitrogen and oxygen atoms in total. The molecule has 0 aliphatic carbocycles. The molecule has 6 heteroatoms. The zero-order valence-electron chi connectivity index (χ0n) is 11.6. The molecular formula is C13H20O6. The molecule has 108 valence electrons. The molecular weight excluding hydrogens is 252 g/mol. The number of rotatable bonds is 1. The normalized spacial score (nSPS) is 48.9. The van der Waals surface area contributed by atoms with Gasteiger partial charge in [-0.1, -0.05) is 0 Å². The van der Waals surface area contributed by atoms with Crippen LogP contribution in [0, 0.1) is 5.92 Å². The molecule has 3 aliphatic heterocycles. The Balaban J connectivity index is 1.83. The maximum atomic E-state index is 11.7. The van der Waals surface area contributed by atoms with E-state index in [2.05, 4.69) is 0 Å². The first-order valence-corrected chi connectivity index (χ1v) is 6.70. The zero-order chi connectivity index (χ0) is 13.8. The molecule has 3 saturated heterocycles. The van der Waals surface area contributed by atoms with Gasteiger partial charge in [-0.15, -0.1) is 0 Å². The molecule has 0 saturated carbocycles. The minimum atomic E-state index is -0.761. The summed E-state index contributed by atoms with van der Waals surface area (Å²) < 4.78 is 28.2. The summed E-state index contributed by atoms with van der Waals surface area (Å²) in [6.07, 6.45) is -1.56. The number of esters is 1. The summed E-state index contributed by atoms with van der Waals surface area (Å²) in [7, 11) is 0. The van der Waals surface area contributed by atoms with Gasteiger partial charge in [0, 0.05) is 0 Å². The lowest BCUT2D eigenvalue weighted by Crippen LogP contribution is -2.58. The lowest BCUT2D eigenvalue weighted by atomic mass is 9.95. The number of hydrogen-bond donors (Lipinski definition) is 0. The summed E-state index contributed by atoms with van der Waals surface area (Å²) in [5, 5.41) is 0. The number of carbonyl (C=O) groups excluding carboxylic acids is 1. The van der Waals surface area contributed by atoms with E-state index in [9.17, 15) is 4.79 Å². The first kappa shape index (κ1) is 13.3. The fourth-order valence-corrected chi connectivity index (χ4v) is 2.92. The fourth-order valence-electron chi connectivity index (χ4n) is 2.92. The van der Waals surface area contributed by atoms with Gasteiger partial charge in [-0.3, -0.25) is 4.79 Å². The number of hydrogen-bond acceptors (Lipinski definition) is 6. The molecule has 0 N–H and O–H groups in total. The Morgan fingerprint density at radius 2 is 1.79 bits per heavy atom. The lowest BCUT2D eigenvalue weighted by Gasteiger charge is -2.44. The van der Waals surface area contributed by atoms with Crippen molar-refractivity contribution < 1.29 is 28.5 Å². The third-order valence-electron chi connectivity index (χ3n) is 3.83. The van der Waals surface area contributed by atoms with E-state index in [1.54, 1.807) is 0 Å². The van der Waals surface area contributed by atoms with E-state index in [1.165, 1.54) is 0 Å². The van der Waals surface area contributed by atoms with E-state index in [-0.39, 0.29) is 36.5 Å². The van der Waals surface area contributed by atoms with Gasteiger partial charge in [0.25, 0.3) is 0 Å². The molecule has 0 amide bonds. The van der Waals surface area contributed by atoms with Crippen LogP contribution in [0.1, 0.15) is 27.7 Å². The smallest absolute Gasteiger partial charge is 0.311 e. The Kier molecular flexibility index (Phi) is 3.09. The molecule has 0 aromatic carbocycles.